The molecule has 5 heteroatoms. The van der Waals surface area contributed by atoms with E-state index in [1.54, 1.807) is 6.92 Å². The molecule has 0 spiro atoms. The van der Waals surface area contributed by atoms with E-state index in [1.807, 2.05) is 25.7 Å². The molecule has 5 nitrogen and oxygen atoms in total. The maximum atomic E-state index is 12.0. The van der Waals surface area contributed by atoms with Gasteiger partial charge >= 0.3 is 0 Å². The molecule has 1 atom stereocenters. The zero-order chi connectivity index (χ0) is 14.6. The lowest BCUT2D eigenvalue weighted by atomic mass is 9.97. The molecule has 0 bridgehead atoms. The van der Waals surface area contributed by atoms with Crippen molar-refractivity contribution >= 4 is 11.8 Å². The van der Waals surface area contributed by atoms with Gasteiger partial charge in [-0.25, -0.2) is 0 Å². The summed E-state index contributed by atoms with van der Waals surface area (Å²) in [5, 5.41) is 3.00. The van der Waals surface area contributed by atoms with Crippen LogP contribution in [-0.2, 0) is 9.59 Å². The molecule has 1 fully saturated rings. The molecule has 3 N–H and O–H groups in total. The number of carbonyl (C=O) groups is 2. The highest BCUT2D eigenvalue weighted by Gasteiger charge is 2.30. The molecule has 1 unspecified atom stereocenters. The molecule has 1 aliphatic rings. The van der Waals surface area contributed by atoms with E-state index in [9.17, 15) is 9.59 Å². The van der Waals surface area contributed by atoms with Crippen molar-refractivity contribution in [2.75, 3.05) is 13.1 Å². The molecular formula is C14H27N3O2. The number of rotatable bonds is 4. The van der Waals surface area contributed by atoms with Crippen molar-refractivity contribution in [3.63, 3.8) is 0 Å². The molecule has 110 valence electrons. The standard InChI is InChI=1S/C14H27N3O2/c1-5-14(4,15)13(19)16-11-6-8-17(9-7-11)12(18)10(2)3/h10-11H,5-9,15H2,1-4H3,(H,16,19). The predicted molar refractivity (Wildman–Crippen MR) is 75.5 cm³/mol. The summed E-state index contributed by atoms with van der Waals surface area (Å²) < 4.78 is 0. The number of likely N-dealkylation sites (tertiary alicyclic amines) is 1. The first-order chi connectivity index (χ1) is 8.77. The largest absolute Gasteiger partial charge is 0.352 e. The number of amides is 2. The Morgan fingerprint density at radius 3 is 2.32 bits per heavy atom. The highest BCUT2D eigenvalue weighted by atomic mass is 16.2. The fraction of sp³-hybridized carbons (Fsp3) is 0.857. The third-order valence-electron chi connectivity index (χ3n) is 3.89. The van der Waals surface area contributed by atoms with Gasteiger partial charge in [0.05, 0.1) is 5.54 Å². The van der Waals surface area contributed by atoms with Crippen LogP contribution in [0.4, 0.5) is 0 Å². The summed E-state index contributed by atoms with van der Waals surface area (Å²) in [6.45, 7) is 8.92. The van der Waals surface area contributed by atoms with E-state index in [0.717, 1.165) is 25.9 Å². The van der Waals surface area contributed by atoms with Crippen molar-refractivity contribution < 1.29 is 9.59 Å². The van der Waals surface area contributed by atoms with E-state index in [-0.39, 0.29) is 23.8 Å². The number of nitrogens with one attached hydrogen (secondary N) is 1. The average molecular weight is 269 g/mol. The lowest BCUT2D eigenvalue weighted by Gasteiger charge is -2.35. The van der Waals surface area contributed by atoms with Gasteiger partial charge < -0.3 is 16.0 Å². The van der Waals surface area contributed by atoms with Gasteiger partial charge in [0.2, 0.25) is 11.8 Å². The lowest BCUT2D eigenvalue weighted by molar-refractivity contribution is -0.135. The van der Waals surface area contributed by atoms with E-state index in [4.69, 9.17) is 5.73 Å². The van der Waals surface area contributed by atoms with Gasteiger partial charge in [0.25, 0.3) is 0 Å². The van der Waals surface area contributed by atoms with E-state index in [0.29, 0.717) is 6.42 Å². The Morgan fingerprint density at radius 2 is 1.89 bits per heavy atom. The minimum atomic E-state index is -0.801. The second kappa shape index (κ2) is 6.37. The van der Waals surface area contributed by atoms with Crippen LogP contribution < -0.4 is 11.1 Å². The van der Waals surface area contributed by atoms with Gasteiger partial charge in [0.15, 0.2) is 0 Å². The van der Waals surface area contributed by atoms with Gasteiger partial charge in [-0.1, -0.05) is 20.8 Å². The molecule has 0 saturated carbocycles. The lowest BCUT2D eigenvalue weighted by Crippen LogP contribution is -2.56. The Bertz CT molecular complexity index is 332. The first-order valence-corrected chi connectivity index (χ1v) is 7.16. The zero-order valence-corrected chi connectivity index (χ0v) is 12.5. The van der Waals surface area contributed by atoms with Crippen LogP contribution in [0.1, 0.15) is 47.0 Å². The van der Waals surface area contributed by atoms with Crippen LogP contribution in [0.15, 0.2) is 0 Å². The Balaban J connectivity index is 2.43. The molecule has 1 saturated heterocycles. The van der Waals surface area contributed by atoms with Crippen LogP contribution >= 0.6 is 0 Å². The van der Waals surface area contributed by atoms with Crippen LogP contribution in [0.2, 0.25) is 0 Å². The van der Waals surface area contributed by atoms with Crippen molar-refractivity contribution in [1.29, 1.82) is 0 Å². The van der Waals surface area contributed by atoms with Gasteiger partial charge in [-0.05, 0) is 26.2 Å². The molecule has 2 amide bonds. The number of hydrogen-bond acceptors (Lipinski definition) is 3. The third kappa shape index (κ3) is 4.20. The summed E-state index contributed by atoms with van der Waals surface area (Å²) in [6, 6.07) is 0.137. The second-order valence-electron chi connectivity index (χ2n) is 6.00. The maximum absolute atomic E-state index is 12.0. The van der Waals surface area contributed by atoms with Gasteiger partial charge in [-0.2, -0.15) is 0 Å². The van der Waals surface area contributed by atoms with Crippen LogP contribution in [0.3, 0.4) is 0 Å². The van der Waals surface area contributed by atoms with Crippen LogP contribution in [-0.4, -0.2) is 41.4 Å². The maximum Gasteiger partial charge on any atom is 0.240 e. The summed E-state index contributed by atoms with van der Waals surface area (Å²) in [7, 11) is 0. The first kappa shape index (κ1) is 16.0. The van der Waals surface area contributed by atoms with E-state index in [2.05, 4.69) is 5.32 Å². The van der Waals surface area contributed by atoms with Crippen LogP contribution in [0, 0.1) is 5.92 Å². The molecule has 1 aliphatic heterocycles. The van der Waals surface area contributed by atoms with Crippen molar-refractivity contribution in [2.24, 2.45) is 11.7 Å². The van der Waals surface area contributed by atoms with Crippen LogP contribution in [0.5, 0.6) is 0 Å². The van der Waals surface area contributed by atoms with Gasteiger partial charge in [0, 0.05) is 25.0 Å². The Morgan fingerprint density at radius 1 is 1.37 bits per heavy atom. The number of nitrogens with zero attached hydrogens (tertiary/aromatic N) is 1. The summed E-state index contributed by atoms with van der Waals surface area (Å²) in [5.74, 6) is 0.143. The quantitative estimate of drug-likeness (QED) is 0.795. The first-order valence-electron chi connectivity index (χ1n) is 7.16. The molecule has 1 heterocycles. The fourth-order valence-corrected chi connectivity index (χ4v) is 2.12. The number of hydrogen-bond donors (Lipinski definition) is 2. The van der Waals surface area contributed by atoms with Crippen molar-refractivity contribution in [2.45, 2.75) is 58.5 Å². The molecule has 0 aliphatic carbocycles. The Hall–Kier alpha value is -1.10. The molecule has 0 aromatic rings. The highest BCUT2D eigenvalue weighted by Crippen LogP contribution is 2.14. The minimum absolute atomic E-state index is 0.0403. The SMILES string of the molecule is CCC(C)(N)C(=O)NC1CCN(C(=O)C(C)C)CC1. The second-order valence-corrected chi connectivity index (χ2v) is 6.00. The molecule has 0 aromatic carbocycles. The van der Waals surface area contributed by atoms with Crippen molar-refractivity contribution in [3.8, 4) is 0 Å². The van der Waals surface area contributed by atoms with Crippen LogP contribution in [0.25, 0.3) is 0 Å². The molecular weight excluding hydrogens is 242 g/mol. The molecule has 0 radical (unpaired) electrons. The highest BCUT2D eigenvalue weighted by molar-refractivity contribution is 5.85. The minimum Gasteiger partial charge on any atom is -0.352 e. The van der Waals surface area contributed by atoms with Gasteiger partial charge in [-0.3, -0.25) is 9.59 Å². The van der Waals surface area contributed by atoms with Crippen molar-refractivity contribution in [3.05, 3.63) is 0 Å². The zero-order valence-electron chi connectivity index (χ0n) is 12.5. The smallest absolute Gasteiger partial charge is 0.240 e. The summed E-state index contributed by atoms with van der Waals surface area (Å²) in [4.78, 5) is 25.7. The topological polar surface area (TPSA) is 75.4 Å². The third-order valence-corrected chi connectivity index (χ3v) is 3.89. The van der Waals surface area contributed by atoms with Gasteiger partial charge in [-0.15, -0.1) is 0 Å². The van der Waals surface area contributed by atoms with E-state index >= 15 is 0 Å². The summed E-state index contributed by atoms with van der Waals surface area (Å²) >= 11 is 0. The predicted octanol–water partition coefficient (Wildman–Crippen LogP) is 0.877. The monoisotopic (exact) mass is 269 g/mol. The Kier molecular flexibility index (Phi) is 5.35. The summed E-state index contributed by atoms with van der Waals surface area (Å²) in [5.41, 5.74) is 5.11. The van der Waals surface area contributed by atoms with E-state index < -0.39 is 5.54 Å². The summed E-state index contributed by atoms with van der Waals surface area (Å²) in [6.07, 6.45) is 2.23. The number of carbonyl (C=O) groups excluding carboxylic acids is 2. The fourth-order valence-electron chi connectivity index (χ4n) is 2.12. The van der Waals surface area contributed by atoms with E-state index in [1.165, 1.54) is 0 Å². The molecule has 0 aromatic heterocycles. The molecule has 1 rings (SSSR count). The Labute approximate surface area is 115 Å². The van der Waals surface area contributed by atoms with Gasteiger partial charge in [0.1, 0.15) is 0 Å². The number of nitrogens with two attached hydrogens (primary N) is 1. The normalized spacial score (nSPS) is 20.2. The number of piperidine rings is 1. The van der Waals surface area contributed by atoms with Crippen molar-refractivity contribution in [1.82, 2.24) is 10.2 Å². The molecule has 19 heavy (non-hydrogen) atoms. The average Bonchev–Trinajstić information content (AvgIpc) is 2.38.